The number of aliphatic imine (C=N–C) groups is 2. The number of aliphatic hydroxyl groups is 3. The molecule has 0 saturated carbocycles. The van der Waals surface area contributed by atoms with Crippen molar-refractivity contribution in [1.82, 2.24) is 0 Å². The van der Waals surface area contributed by atoms with Crippen molar-refractivity contribution in [1.29, 1.82) is 0 Å². The molecule has 0 rings (SSSR count). The Kier molecular flexibility index (Phi) is 304. The van der Waals surface area contributed by atoms with Crippen LogP contribution in [0.15, 0.2) is 9.98 Å². The molecule has 0 fully saturated rings. The van der Waals surface area contributed by atoms with E-state index in [4.69, 9.17) is 34.5 Å². The molecular weight excluding hydrogens is 458 g/mol. The summed E-state index contributed by atoms with van der Waals surface area (Å²) in [4.78, 5) is 39.5. The molecular formula is C17H36CoMnN2O7. The predicted octanol–water partition coefficient (Wildman–Crippen LogP) is 0.449. The minimum absolute atomic E-state index is 0. The van der Waals surface area contributed by atoms with Crippen LogP contribution in [0, 0.1) is 0 Å². The molecule has 0 aromatic carbocycles. The summed E-state index contributed by atoms with van der Waals surface area (Å²) in [5.74, 6) is 0. The molecule has 0 amide bonds. The Morgan fingerprint density at radius 2 is 0.786 bits per heavy atom. The smallest absolute Gasteiger partial charge is 0.545 e. The van der Waals surface area contributed by atoms with E-state index in [9.17, 15) is 0 Å². The SMILES string of the molecule is CCC(C)N=CC=NC(C)CC.CO.CO.CO.[CH-]=O.[CH-]=O.[CH-]=O.[CH-]=O.[Co+2].[Mn+2]. The molecule has 0 heterocycles. The predicted molar refractivity (Wildman–Crippen MR) is 108 cm³/mol. The molecule has 2 radical (unpaired) electrons. The van der Waals surface area contributed by atoms with Gasteiger partial charge in [0.25, 0.3) is 0 Å². The molecule has 0 aliphatic rings. The van der Waals surface area contributed by atoms with Crippen LogP contribution >= 0.6 is 0 Å². The number of carbonyl (C=O) groups excluding carboxylic acids is 4. The Morgan fingerprint density at radius 3 is 0.893 bits per heavy atom. The maximum atomic E-state index is 7.75. The van der Waals surface area contributed by atoms with Gasteiger partial charge >= 0.3 is 33.8 Å². The quantitative estimate of drug-likeness (QED) is 0.217. The summed E-state index contributed by atoms with van der Waals surface area (Å²) in [7, 11) is 3.00. The van der Waals surface area contributed by atoms with Gasteiger partial charge in [-0.2, -0.15) is 0 Å². The molecule has 0 bridgehead atoms. The molecule has 0 spiro atoms. The van der Waals surface area contributed by atoms with Crippen LogP contribution in [-0.2, 0) is 53.0 Å². The second-order valence-electron chi connectivity index (χ2n) is 3.11. The van der Waals surface area contributed by atoms with Crippen molar-refractivity contribution in [3.05, 3.63) is 0 Å². The number of hydrogen-bond acceptors (Lipinski definition) is 9. The maximum Gasteiger partial charge on any atom is 2.00 e. The zero-order chi connectivity index (χ0) is 23.4. The van der Waals surface area contributed by atoms with Gasteiger partial charge in [0.1, 0.15) is 0 Å². The van der Waals surface area contributed by atoms with E-state index >= 15 is 0 Å². The summed E-state index contributed by atoms with van der Waals surface area (Å²) in [6.45, 7) is 21.5. The van der Waals surface area contributed by atoms with Crippen LogP contribution in [0.5, 0.6) is 0 Å². The molecule has 28 heavy (non-hydrogen) atoms. The standard InChI is InChI=1S/C10H20N2.3CH4O.4CHO.Co.Mn/c1-5-9(3)11-7-8-12-10(4)6-2;7*1-2;;/h7-10H,5-6H2,1-4H3;3*2H,1H3;4*1H;;/q;;;;4*-1;2*+2. The molecule has 2 atom stereocenters. The van der Waals surface area contributed by atoms with Crippen LogP contribution < -0.4 is 0 Å². The second-order valence-corrected chi connectivity index (χ2v) is 3.11. The fourth-order valence-electron chi connectivity index (χ4n) is 0.582. The van der Waals surface area contributed by atoms with E-state index in [1.54, 1.807) is 12.4 Å². The van der Waals surface area contributed by atoms with Crippen LogP contribution in [0.3, 0.4) is 0 Å². The number of rotatable bonds is 5. The van der Waals surface area contributed by atoms with Gasteiger partial charge in [0.15, 0.2) is 0 Å². The third-order valence-corrected chi connectivity index (χ3v) is 1.93. The van der Waals surface area contributed by atoms with Gasteiger partial charge in [-0.1, -0.05) is 13.8 Å². The fraction of sp³-hybridized carbons (Fsp3) is 0.647. The molecule has 0 aliphatic carbocycles. The first-order valence-electron chi connectivity index (χ1n) is 7.04. The van der Waals surface area contributed by atoms with Crippen molar-refractivity contribution < 1.29 is 68.3 Å². The maximum absolute atomic E-state index is 7.75. The zero-order valence-electron chi connectivity index (χ0n) is 17.6. The van der Waals surface area contributed by atoms with Gasteiger partial charge in [0, 0.05) is 45.8 Å². The number of nitrogens with zero attached hydrogens (tertiary/aromatic N) is 2. The molecule has 11 heteroatoms. The molecule has 0 aromatic rings. The van der Waals surface area contributed by atoms with Crippen LogP contribution in [-0.4, -0.2) is 88.3 Å². The first-order valence-corrected chi connectivity index (χ1v) is 7.04. The molecule has 0 aromatic heterocycles. The topological polar surface area (TPSA) is 154 Å². The Balaban J connectivity index is -0.0000000215. The van der Waals surface area contributed by atoms with Crippen molar-refractivity contribution in [2.45, 2.75) is 52.6 Å². The first-order chi connectivity index (χ1) is 12.7. The third-order valence-electron chi connectivity index (χ3n) is 1.93. The molecule has 9 nitrogen and oxygen atoms in total. The van der Waals surface area contributed by atoms with Crippen molar-refractivity contribution in [3.63, 3.8) is 0 Å². The minimum atomic E-state index is 0. The minimum Gasteiger partial charge on any atom is -0.545 e. The molecule has 3 N–H and O–H groups in total. The first kappa shape index (κ1) is 63.2. The van der Waals surface area contributed by atoms with Crippen LogP contribution in [0.4, 0.5) is 0 Å². The van der Waals surface area contributed by atoms with Gasteiger partial charge in [-0.15, -0.1) is 0 Å². The van der Waals surface area contributed by atoms with Gasteiger partial charge in [0.2, 0.25) is 0 Å². The van der Waals surface area contributed by atoms with Crippen LogP contribution in [0.1, 0.15) is 40.5 Å². The summed E-state index contributed by atoms with van der Waals surface area (Å²) in [5.41, 5.74) is 0. The Labute approximate surface area is 191 Å². The average Bonchev–Trinajstić information content (AvgIpc) is 2.80. The summed E-state index contributed by atoms with van der Waals surface area (Å²) < 4.78 is 0. The molecule has 0 saturated heterocycles. The van der Waals surface area contributed by atoms with E-state index in [-0.39, 0.29) is 33.8 Å². The van der Waals surface area contributed by atoms with E-state index in [0.717, 1.165) is 34.2 Å². The van der Waals surface area contributed by atoms with Crippen molar-refractivity contribution in [2.24, 2.45) is 9.98 Å². The van der Waals surface area contributed by atoms with Gasteiger partial charge in [-0.3, -0.25) is 37.1 Å². The molecule has 0 aliphatic heterocycles. The summed E-state index contributed by atoms with van der Waals surface area (Å²) >= 11 is 0. The zero-order valence-corrected chi connectivity index (χ0v) is 19.8. The van der Waals surface area contributed by atoms with E-state index in [0.29, 0.717) is 12.1 Å². The Bertz CT molecular complexity index is 206. The van der Waals surface area contributed by atoms with Gasteiger partial charge in [-0.05, 0) is 26.7 Å². The van der Waals surface area contributed by atoms with Crippen molar-refractivity contribution in [2.75, 3.05) is 21.3 Å². The fourth-order valence-corrected chi connectivity index (χ4v) is 0.582. The van der Waals surface area contributed by atoms with E-state index in [1.807, 2.05) is 0 Å². The largest absolute Gasteiger partial charge is 2.00 e. The summed E-state index contributed by atoms with van der Waals surface area (Å²) in [6, 6.07) is 0.849. The van der Waals surface area contributed by atoms with Crippen LogP contribution in [0.25, 0.3) is 0 Å². The monoisotopic (exact) mass is 494 g/mol. The second kappa shape index (κ2) is 135. The van der Waals surface area contributed by atoms with E-state index < -0.39 is 0 Å². The van der Waals surface area contributed by atoms with E-state index in [2.05, 4.69) is 64.8 Å². The van der Waals surface area contributed by atoms with E-state index in [1.165, 1.54) is 0 Å². The van der Waals surface area contributed by atoms with Crippen molar-refractivity contribution >= 4 is 39.6 Å². The Hall–Kier alpha value is -1.07. The average molecular weight is 494 g/mol. The number of hydrogen-bond donors (Lipinski definition) is 3. The van der Waals surface area contributed by atoms with Crippen molar-refractivity contribution in [3.8, 4) is 0 Å². The summed E-state index contributed by atoms with van der Waals surface area (Å²) in [5, 5.41) is 21.0. The van der Waals surface area contributed by atoms with Gasteiger partial charge in [0.05, 0.1) is 0 Å². The van der Waals surface area contributed by atoms with Gasteiger partial charge in [-0.25, -0.2) is 0 Å². The molecule has 172 valence electrons. The Morgan fingerprint density at radius 1 is 0.643 bits per heavy atom. The third kappa shape index (κ3) is 145. The normalized spacial score (nSPS) is 8.64. The molecule has 2 unspecified atom stereocenters. The summed E-state index contributed by atoms with van der Waals surface area (Å²) in [6.07, 6.45) is 5.79. The number of aliphatic hydroxyl groups excluding tert-OH is 3. The van der Waals surface area contributed by atoms with Gasteiger partial charge < -0.3 is 34.5 Å². The van der Waals surface area contributed by atoms with Crippen LogP contribution in [0.2, 0.25) is 0 Å².